The molecular weight excluding hydrogens is 326 g/mol. The number of aryl methyl sites for hydroxylation is 1. The summed E-state index contributed by atoms with van der Waals surface area (Å²) in [7, 11) is 0. The highest BCUT2D eigenvalue weighted by atomic mass is 32.1. The van der Waals surface area contributed by atoms with Gasteiger partial charge in [0.05, 0.1) is 5.56 Å². The summed E-state index contributed by atoms with van der Waals surface area (Å²) in [5, 5.41) is 12.6. The van der Waals surface area contributed by atoms with E-state index >= 15 is 0 Å². The number of aromatic nitrogens is 1. The molecule has 0 spiro atoms. The number of fused-ring (bicyclic) bond motifs is 1. The summed E-state index contributed by atoms with van der Waals surface area (Å²) < 4.78 is 4.95. The fourth-order valence-corrected chi connectivity index (χ4v) is 3.88. The third kappa shape index (κ3) is 3.44. The summed E-state index contributed by atoms with van der Waals surface area (Å²) >= 11 is 1.44. The Morgan fingerprint density at radius 2 is 2.17 bits per heavy atom. The van der Waals surface area contributed by atoms with E-state index in [0.29, 0.717) is 10.6 Å². The normalized spacial score (nSPS) is 12.8. The number of ether oxygens (including phenoxy) is 1. The fourth-order valence-electron chi connectivity index (χ4n) is 2.62. The van der Waals surface area contributed by atoms with E-state index in [1.54, 1.807) is 12.1 Å². The molecule has 2 heterocycles. The van der Waals surface area contributed by atoms with Crippen LogP contribution in [0.5, 0.6) is 0 Å². The maximum absolute atomic E-state index is 12.0. The monoisotopic (exact) mass is 341 g/mol. The molecule has 0 aromatic carbocycles. The molecule has 0 atom stereocenters. The Morgan fingerprint density at radius 3 is 2.92 bits per heavy atom. The second kappa shape index (κ2) is 7.23. The maximum atomic E-state index is 12.0. The van der Waals surface area contributed by atoms with Crippen LogP contribution < -0.4 is 5.32 Å². The first-order valence-electron chi connectivity index (χ1n) is 7.61. The molecule has 7 heteroatoms. The van der Waals surface area contributed by atoms with Crippen molar-refractivity contribution in [3.05, 3.63) is 46.1 Å². The second-order valence-electron chi connectivity index (χ2n) is 5.37. The molecule has 0 unspecified atom stereocenters. The van der Waals surface area contributed by atoms with Crippen molar-refractivity contribution in [1.29, 1.82) is 5.26 Å². The Labute approximate surface area is 143 Å². The van der Waals surface area contributed by atoms with Crippen LogP contribution in [-0.4, -0.2) is 23.5 Å². The van der Waals surface area contributed by atoms with Crippen molar-refractivity contribution in [3.8, 4) is 6.07 Å². The Balaban J connectivity index is 1.62. The SMILES string of the molecule is N#Cc1c(NC(=O)COC(=O)c2ccccn2)sc2c1CCCC2. The maximum Gasteiger partial charge on any atom is 0.357 e. The van der Waals surface area contributed by atoms with Crippen molar-refractivity contribution in [1.82, 2.24) is 4.98 Å². The number of carbonyl (C=O) groups excluding carboxylic acids is 2. The van der Waals surface area contributed by atoms with Crippen LogP contribution in [0.15, 0.2) is 24.4 Å². The highest BCUT2D eigenvalue weighted by Crippen LogP contribution is 2.37. The van der Waals surface area contributed by atoms with E-state index in [2.05, 4.69) is 16.4 Å². The Bertz CT molecular complexity index is 808. The third-order valence-electron chi connectivity index (χ3n) is 3.74. The molecular formula is C17H15N3O3S. The zero-order valence-corrected chi connectivity index (χ0v) is 13.7. The van der Waals surface area contributed by atoms with Gasteiger partial charge in [0.25, 0.3) is 5.91 Å². The van der Waals surface area contributed by atoms with E-state index in [1.165, 1.54) is 28.5 Å². The summed E-state index contributed by atoms with van der Waals surface area (Å²) in [6, 6.07) is 7.04. The fraction of sp³-hybridized carbons (Fsp3) is 0.294. The van der Waals surface area contributed by atoms with Crippen LogP contribution >= 0.6 is 11.3 Å². The predicted molar refractivity (Wildman–Crippen MR) is 88.8 cm³/mol. The van der Waals surface area contributed by atoms with E-state index in [4.69, 9.17) is 4.74 Å². The lowest BCUT2D eigenvalue weighted by Crippen LogP contribution is -2.21. The molecule has 0 bridgehead atoms. The minimum Gasteiger partial charge on any atom is -0.451 e. The largest absolute Gasteiger partial charge is 0.451 e. The average Bonchev–Trinajstić information content (AvgIpc) is 2.97. The smallest absolute Gasteiger partial charge is 0.357 e. The van der Waals surface area contributed by atoms with Gasteiger partial charge in [-0.15, -0.1) is 11.3 Å². The van der Waals surface area contributed by atoms with Crippen LogP contribution in [0.2, 0.25) is 0 Å². The Morgan fingerprint density at radius 1 is 1.33 bits per heavy atom. The van der Waals surface area contributed by atoms with Gasteiger partial charge in [-0.3, -0.25) is 4.79 Å². The number of nitrogens with one attached hydrogen (secondary N) is 1. The standard InChI is InChI=1S/C17H15N3O3S/c18-9-12-11-5-1-2-7-14(11)24-16(12)20-15(21)10-23-17(22)13-6-3-4-8-19-13/h3-4,6,8H,1-2,5,7,10H2,(H,20,21). The molecule has 1 amide bonds. The van der Waals surface area contributed by atoms with E-state index < -0.39 is 18.5 Å². The number of nitriles is 1. The van der Waals surface area contributed by atoms with Crippen LogP contribution in [0.3, 0.4) is 0 Å². The predicted octanol–water partition coefficient (Wildman–Crippen LogP) is 2.69. The van der Waals surface area contributed by atoms with Crippen molar-refractivity contribution in [3.63, 3.8) is 0 Å². The molecule has 1 N–H and O–H groups in total. The average molecular weight is 341 g/mol. The van der Waals surface area contributed by atoms with Crippen LogP contribution in [0.4, 0.5) is 5.00 Å². The highest BCUT2D eigenvalue weighted by Gasteiger charge is 2.22. The van der Waals surface area contributed by atoms with Gasteiger partial charge in [-0.1, -0.05) is 6.07 Å². The number of anilines is 1. The first kappa shape index (κ1) is 16.1. The first-order chi connectivity index (χ1) is 11.7. The van der Waals surface area contributed by atoms with Gasteiger partial charge in [-0.2, -0.15) is 5.26 Å². The molecule has 3 rings (SSSR count). The van der Waals surface area contributed by atoms with Gasteiger partial charge in [-0.05, 0) is 43.4 Å². The number of carbonyl (C=O) groups is 2. The summed E-state index contributed by atoms with van der Waals surface area (Å²) in [5.74, 6) is -1.12. The molecule has 0 fully saturated rings. The van der Waals surface area contributed by atoms with Crippen molar-refractivity contribution in [2.45, 2.75) is 25.7 Å². The number of nitrogens with zero attached hydrogens (tertiary/aromatic N) is 2. The molecule has 2 aromatic rings. The van der Waals surface area contributed by atoms with Gasteiger partial charge in [-0.25, -0.2) is 9.78 Å². The number of esters is 1. The van der Waals surface area contributed by atoms with E-state index in [0.717, 1.165) is 31.2 Å². The Hall–Kier alpha value is -2.72. The lowest BCUT2D eigenvalue weighted by molar-refractivity contribution is -0.119. The van der Waals surface area contributed by atoms with E-state index in [9.17, 15) is 14.9 Å². The van der Waals surface area contributed by atoms with Crippen molar-refractivity contribution < 1.29 is 14.3 Å². The van der Waals surface area contributed by atoms with Crippen LogP contribution in [0.25, 0.3) is 0 Å². The summed E-state index contributed by atoms with van der Waals surface area (Å²) in [5.41, 5.74) is 1.74. The minimum atomic E-state index is -0.656. The van der Waals surface area contributed by atoms with Crippen molar-refractivity contribution in [2.75, 3.05) is 11.9 Å². The van der Waals surface area contributed by atoms with Gasteiger partial charge < -0.3 is 10.1 Å². The number of thiophene rings is 1. The quantitative estimate of drug-likeness (QED) is 0.863. The molecule has 2 aromatic heterocycles. The summed E-state index contributed by atoms with van der Waals surface area (Å²) in [6.07, 6.45) is 5.46. The summed E-state index contributed by atoms with van der Waals surface area (Å²) in [4.78, 5) is 28.8. The molecule has 1 aliphatic rings. The molecule has 24 heavy (non-hydrogen) atoms. The second-order valence-corrected chi connectivity index (χ2v) is 6.47. The summed E-state index contributed by atoms with van der Waals surface area (Å²) in [6.45, 7) is -0.414. The first-order valence-corrected chi connectivity index (χ1v) is 8.43. The van der Waals surface area contributed by atoms with Crippen LogP contribution in [0, 0.1) is 11.3 Å². The van der Waals surface area contributed by atoms with Crippen molar-refractivity contribution in [2.24, 2.45) is 0 Å². The zero-order valence-electron chi connectivity index (χ0n) is 12.9. The number of hydrogen-bond acceptors (Lipinski definition) is 6. The van der Waals surface area contributed by atoms with Crippen LogP contribution in [0.1, 0.15) is 39.3 Å². The van der Waals surface area contributed by atoms with Gasteiger partial charge >= 0.3 is 5.97 Å². The van der Waals surface area contributed by atoms with Crippen molar-refractivity contribution >= 4 is 28.2 Å². The molecule has 122 valence electrons. The number of amides is 1. The van der Waals surface area contributed by atoms with Gasteiger partial charge in [0.1, 0.15) is 16.8 Å². The number of rotatable bonds is 4. The van der Waals surface area contributed by atoms with Gasteiger partial charge in [0.15, 0.2) is 6.61 Å². The van der Waals surface area contributed by atoms with E-state index in [-0.39, 0.29) is 5.69 Å². The molecule has 6 nitrogen and oxygen atoms in total. The molecule has 1 aliphatic carbocycles. The lowest BCUT2D eigenvalue weighted by Gasteiger charge is -2.09. The molecule has 0 saturated carbocycles. The van der Waals surface area contributed by atoms with Crippen LogP contribution in [-0.2, 0) is 22.4 Å². The third-order valence-corrected chi connectivity index (χ3v) is 4.95. The number of hydrogen-bond donors (Lipinski definition) is 1. The minimum absolute atomic E-state index is 0.148. The molecule has 0 radical (unpaired) electrons. The molecule has 0 aliphatic heterocycles. The Kier molecular flexibility index (Phi) is 4.87. The highest BCUT2D eigenvalue weighted by molar-refractivity contribution is 7.16. The molecule has 0 saturated heterocycles. The number of pyridine rings is 1. The topological polar surface area (TPSA) is 92.1 Å². The van der Waals surface area contributed by atoms with Gasteiger partial charge in [0, 0.05) is 11.1 Å². The zero-order chi connectivity index (χ0) is 16.9. The van der Waals surface area contributed by atoms with Gasteiger partial charge in [0.2, 0.25) is 0 Å². The van der Waals surface area contributed by atoms with E-state index in [1.807, 2.05) is 0 Å². The lowest BCUT2D eigenvalue weighted by atomic mass is 9.96.